The number of halogens is 1. The number of Topliss-reactive ketones (excluding diaryl/α,β-unsaturated/α-hetero) is 1. The van der Waals surface area contributed by atoms with Gasteiger partial charge in [0.1, 0.15) is 5.75 Å². The largest absolute Gasteiger partial charge is 0.497 e. The third-order valence-electron chi connectivity index (χ3n) is 5.29. The van der Waals surface area contributed by atoms with Gasteiger partial charge in [0.15, 0.2) is 11.4 Å². The van der Waals surface area contributed by atoms with Crippen LogP contribution in [0.15, 0.2) is 77.3 Å². The van der Waals surface area contributed by atoms with Gasteiger partial charge in [0.25, 0.3) is 5.91 Å². The van der Waals surface area contributed by atoms with Crippen LogP contribution in [-0.4, -0.2) is 23.9 Å². The number of fused-ring (bicyclic) bond motifs is 1. The van der Waals surface area contributed by atoms with Crippen LogP contribution in [0.1, 0.15) is 27.9 Å². The van der Waals surface area contributed by atoms with Gasteiger partial charge in [-0.2, -0.15) is 0 Å². The predicted molar refractivity (Wildman–Crippen MR) is 118 cm³/mol. The van der Waals surface area contributed by atoms with Crippen LogP contribution >= 0.6 is 15.9 Å². The molecule has 1 atom stereocenters. The van der Waals surface area contributed by atoms with Crippen molar-refractivity contribution in [1.82, 2.24) is 0 Å². The summed E-state index contributed by atoms with van der Waals surface area (Å²) in [6, 6.07) is 21.6. The molecule has 6 heteroatoms. The summed E-state index contributed by atoms with van der Waals surface area (Å²) in [5, 5.41) is 11.5. The fourth-order valence-corrected chi connectivity index (χ4v) is 4.11. The molecule has 3 aromatic rings. The van der Waals surface area contributed by atoms with E-state index in [1.807, 2.05) is 36.4 Å². The summed E-state index contributed by atoms with van der Waals surface area (Å²) in [5.74, 6) is -0.299. The van der Waals surface area contributed by atoms with Crippen molar-refractivity contribution in [3.8, 4) is 5.75 Å². The summed E-state index contributed by atoms with van der Waals surface area (Å²) in [6.45, 7) is 0.309. The van der Waals surface area contributed by atoms with Gasteiger partial charge in [-0.1, -0.05) is 58.4 Å². The molecule has 152 valence electrons. The van der Waals surface area contributed by atoms with Crippen LogP contribution < -0.4 is 9.64 Å². The Morgan fingerprint density at radius 1 is 1.07 bits per heavy atom. The molecule has 0 aliphatic carbocycles. The van der Waals surface area contributed by atoms with Crippen molar-refractivity contribution in [3.63, 3.8) is 0 Å². The van der Waals surface area contributed by atoms with Gasteiger partial charge in [-0.15, -0.1) is 0 Å². The van der Waals surface area contributed by atoms with Gasteiger partial charge in [0, 0.05) is 15.6 Å². The maximum atomic E-state index is 13.4. The molecule has 1 aliphatic heterocycles. The SMILES string of the molecule is COc1cccc(C(=O)CC2(O)C(=O)N(Cc3ccccc3)c3ccc(Br)cc32)c1. The van der Waals surface area contributed by atoms with E-state index in [2.05, 4.69) is 15.9 Å². The minimum absolute atomic E-state index is 0.309. The first-order valence-corrected chi connectivity index (χ1v) is 10.3. The summed E-state index contributed by atoms with van der Waals surface area (Å²) in [7, 11) is 1.52. The molecule has 0 radical (unpaired) electrons. The van der Waals surface area contributed by atoms with Crippen molar-refractivity contribution in [2.45, 2.75) is 18.6 Å². The van der Waals surface area contributed by atoms with E-state index in [0.717, 1.165) is 10.0 Å². The normalized spacial score (nSPS) is 17.7. The van der Waals surface area contributed by atoms with E-state index in [1.54, 1.807) is 36.4 Å². The molecular formula is C24H20BrNO4. The number of hydrogen-bond donors (Lipinski definition) is 1. The van der Waals surface area contributed by atoms with Crippen molar-refractivity contribution in [2.75, 3.05) is 12.0 Å². The Morgan fingerprint density at radius 3 is 2.57 bits per heavy atom. The molecule has 0 fully saturated rings. The first kappa shape index (κ1) is 20.3. The number of ether oxygens (including phenoxy) is 1. The van der Waals surface area contributed by atoms with Crippen LogP contribution in [0.3, 0.4) is 0 Å². The van der Waals surface area contributed by atoms with E-state index in [4.69, 9.17) is 4.74 Å². The molecule has 4 rings (SSSR count). The number of anilines is 1. The second-order valence-electron chi connectivity index (χ2n) is 7.23. The second-order valence-corrected chi connectivity index (χ2v) is 8.15. The Balaban J connectivity index is 1.70. The second kappa shape index (κ2) is 8.05. The highest BCUT2D eigenvalue weighted by molar-refractivity contribution is 9.10. The van der Waals surface area contributed by atoms with Gasteiger partial charge in [-0.25, -0.2) is 0 Å². The number of benzene rings is 3. The molecule has 1 amide bonds. The molecule has 0 saturated heterocycles. The molecule has 0 saturated carbocycles. The molecule has 0 aromatic heterocycles. The minimum Gasteiger partial charge on any atom is -0.497 e. The standard InChI is InChI=1S/C24H20BrNO4/c1-30-19-9-5-8-17(12-19)22(27)14-24(29)20-13-18(25)10-11-21(20)26(23(24)28)15-16-6-3-2-4-7-16/h2-13,29H,14-15H2,1H3. The Morgan fingerprint density at radius 2 is 1.83 bits per heavy atom. The average molecular weight is 466 g/mol. The smallest absolute Gasteiger partial charge is 0.264 e. The van der Waals surface area contributed by atoms with Crippen molar-refractivity contribution in [3.05, 3.63) is 94.0 Å². The van der Waals surface area contributed by atoms with E-state index < -0.39 is 11.5 Å². The van der Waals surface area contributed by atoms with E-state index in [9.17, 15) is 14.7 Å². The zero-order chi connectivity index (χ0) is 21.3. The Kier molecular flexibility index (Phi) is 5.45. The molecule has 1 N–H and O–H groups in total. The lowest BCUT2D eigenvalue weighted by Crippen LogP contribution is -2.41. The monoisotopic (exact) mass is 465 g/mol. The fourth-order valence-electron chi connectivity index (χ4n) is 3.75. The summed E-state index contributed by atoms with van der Waals surface area (Å²) in [4.78, 5) is 27.9. The van der Waals surface area contributed by atoms with Crippen LogP contribution in [0.2, 0.25) is 0 Å². The molecule has 5 nitrogen and oxygen atoms in total. The first-order chi connectivity index (χ1) is 14.4. The quantitative estimate of drug-likeness (QED) is 0.545. The van der Waals surface area contributed by atoms with E-state index >= 15 is 0 Å². The minimum atomic E-state index is -1.94. The van der Waals surface area contributed by atoms with Crippen LogP contribution in [0.25, 0.3) is 0 Å². The van der Waals surface area contributed by atoms with E-state index in [1.165, 1.54) is 12.0 Å². The number of rotatable bonds is 6. The number of carbonyl (C=O) groups is 2. The molecule has 1 unspecified atom stereocenters. The van der Waals surface area contributed by atoms with Gasteiger partial charge in [0.2, 0.25) is 0 Å². The molecule has 1 heterocycles. The van der Waals surface area contributed by atoms with Gasteiger partial charge < -0.3 is 14.7 Å². The van der Waals surface area contributed by atoms with Crippen molar-refractivity contribution in [1.29, 1.82) is 0 Å². The average Bonchev–Trinajstić information content (AvgIpc) is 2.96. The molecule has 30 heavy (non-hydrogen) atoms. The topological polar surface area (TPSA) is 66.8 Å². The molecule has 0 spiro atoms. The van der Waals surface area contributed by atoms with Crippen LogP contribution in [0, 0.1) is 0 Å². The lowest BCUT2D eigenvalue weighted by molar-refractivity contribution is -0.136. The van der Waals surface area contributed by atoms with E-state index in [-0.39, 0.29) is 12.2 Å². The third-order valence-corrected chi connectivity index (χ3v) is 5.78. The highest BCUT2D eigenvalue weighted by Gasteiger charge is 2.51. The first-order valence-electron chi connectivity index (χ1n) is 9.48. The van der Waals surface area contributed by atoms with Crippen LogP contribution in [0.5, 0.6) is 5.75 Å². The number of carbonyl (C=O) groups excluding carboxylic acids is 2. The van der Waals surface area contributed by atoms with E-state index in [0.29, 0.717) is 29.1 Å². The maximum absolute atomic E-state index is 13.4. The zero-order valence-corrected chi connectivity index (χ0v) is 17.9. The molecular weight excluding hydrogens is 446 g/mol. The third kappa shape index (κ3) is 3.64. The fraction of sp³-hybridized carbons (Fsp3) is 0.167. The molecule has 0 bridgehead atoms. The number of hydrogen-bond acceptors (Lipinski definition) is 4. The summed E-state index contributed by atoms with van der Waals surface area (Å²) < 4.78 is 5.91. The van der Waals surface area contributed by atoms with Gasteiger partial charge in [-0.05, 0) is 35.9 Å². The maximum Gasteiger partial charge on any atom is 0.264 e. The number of methoxy groups -OCH3 is 1. The Bertz CT molecular complexity index is 1120. The number of ketones is 1. The zero-order valence-electron chi connectivity index (χ0n) is 16.3. The highest BCUT2D eigenvalue weighted by Crippen LogP contribution is 2.44. The number of aliphatic hydroxyl groups is 1. The molecule has 1 aliphatic rings. The highest BCUT2D eigenvalue weighted by atomic mass is 79.9. The van der Waals surface area contributed by atoms with Crippen molar-refractivity contribution in [2.24, 2.45) is 0 Å². The number of amides is 1. The number of nitrogens with zero attached hydrogens (tertiary/aromatic N) is 1. The van der Waals surface area contributed by atoms with Gasteiger partial charge >= 0.3 is 0 Å². The van der Waals surface area contributed by atoms with Crippen LogP contribution in [0.4, 0.5) is 5.69 Å². The van der Waals surface area contributed by atoms with Gasteiger partial charge in [-0.3, -0.25) is 9.59 Å². The predicted octanol–water partition coefficient (Wildman–Crippen LogP) is 4.47. The Labute approximate surface area is 183 Å². The lowest BCUT2D eigenvalue weighted by atomic mass is 9.88. The van der Waals surface area contributed by atoms with Gasteiger partial charge in [0.05, 0.1) is 25.8 Å². The van der Waals surface area contributed by atoms with Crippen molar-refractivity contribution >= 4 is 33.3 Å². The lowest BCUT2D eigenvalue weighted by Gasteiger charge is -2.23. The summed E-state index contributed by atoms with van der Waals surface area (Å²) >= 11 is 3.41. The Hall–Kier alpha value is -2.96. The molecule has 3 aromatic carbocycles. The van der Waals surface area contributed by atoms with Crippen LogP contribution in [-0.2, 0) is 16.9 Å². The van der Waals surface area contributed by atoms with Crippen molar-refractivity contribution < 1.29 is 19.4 Å². The summed E-state index contributed by atoms with van der Waals surface area (Å²) in [6.07, 6.45) is -0.353. The summed E-state index contributed by atoms with van der Waals surface area (Å²) in [5.41, 5.74) is 0.410.